The molecule has 0 amide bonds. The summed E-state index contributed by atoms with van der Waals surface area (Å²) in [6.07, 6.45) is 2.45. The van der Waals surface area contributed by atoms with Crippen molar-refractivity contribution >= 4 is 10.1 Å². The number of nitrogens with zero attached hydrogens (tertiary/aromatic N) is 1. The number of hydrogen-bond acceptors (Lipinski definition) is 3. The van der Waals surface area contributed by atoms with Gasteiger partial charge in [0.25, 0.3) is 10.1 Å². The van der Waals surface area contributed by atoms with E-state index in [1.165, 1.54) is 0 Å². The second-order valence-electron chi connectivity index (χ2n) is 3.80. The second kappa shape index (κ2) is 3.94. The van der Waals surface area contributed by atoms with E-state index >= 15 is 0 Å². The molecule has 1 aliphatic rings. The van der Waals surface area contributed by atoms with Crippen LogP contribution in [0, 0.1) is 0 Å². The van der Waals surface area contributed by atoms with E-state index in [2.05, 4.69) is 0 Å². The quantitative estimate of drug-likeness (QED) is 0.689. The van der Waals surface area contributed by atoms with Crippen LogP contribution in [-0.2, 0) is 10.1 Å². The summed E-state index contributed by atoms with van der Waals surface area (Å²) >= 11 is 0. The van der Waals surface area contributed by atoms with Gasteiger partial charge in [0.2, 0.25) is 0 Å². The number of piperidine rings is 1. The van der Waals surface area contributed by atoms with Crippen molar-refractivity contribution in [1.29, 1.82) is 0 Å². The van der Waals surface area contributed by atoms with Crippen LogP contribution in [0.1, 0.15) is 33.1 Å². The largest absolute Gasteiger partial charge is 0.284 e. The normalized spacial score (nSPS) is 26.6. The molecule has 4 nitrogen and oxygen atoms in total. The topological polar surface area (TPSA) is 57.6 Å². The second-order valence-corrected chi connectivity index (χ2v) is 5.37. The van der Waals surface area contributed by atoms with Crippen molar-refractivity contribution in [2.24, 2.45) is 0 Å². The first-order valence-corrected chi connectivity index (χ1v) is 6.15. The fourth-order valence-corrected chi connectivity index (χ4v) is 2.99. The summed E-state index contributed by atoms with van der Waals surface area (Å²) in [6.45, 7) is 4.66. The van der Waals surface area contributed by atoms with Crippen molar-refractivity contribution in [2.45, 2.75) is 44.5 Å². The average molecular weight is 207 g/mol. The van der Waals surface area contributed by atoms with E-state index < -0.39 is 15.5 Å². The summed E-state index contributed by atoms with van der Waals surface area (Å²) in [5, 5.41) is -0.679. The fourth-order valence-electron chi connectivity index (χ4n) is 1.83. The molecule has 0 radical (unpaired) electrons. The van der Waals surface area contributed by atoms with Crippen molar-refractivity contribution in [3.05, 3.63) is 0 Å². The van der Waals surface area contributed by atoms with E-state index in [0.29, 0.717) is 6.42 Å². The lowest BCUT2D eigenvalue weighted by atomic mass is 10.1. The van der Waals surface area contributed by atoms with Crippen LogP contribution in [0.4, 0.5) is 0 Å². The third-order valence-electron chi connectivity index (χ3n) is 2.49. The smallest absolute Gasteiger partial charge is 0.281 e. The maximum Gasteiger partial charge on any atom is 0.281 e. The summed E-state index contributed by atoms with van der Waals surface area (Å²) in [6, 6.07) is 0.173. The summed E-state index contributed by atoms with van der Waals surface area (Å²) in [5.74, 6) is 0. The van der Waals surface area contributed by atoms with E-state index in [9.17, 15) is 8.42 Å². The summed E-state index contributed by atoms with van der Waals surface area (Å²) in [4.78, 5) is 1.85. The maximum atomic E-state index is 11.0. The summed E-state index contributed by atoms with van der Waals surface area (Å²) < 4.78 is 31.0. The zero-order valence-corrected chi connectivity index (χ0v) is 8.92. The lowest BCUT2D eigenvalue weighted by Gasteiger charge is -2.36. The molecule has 0 aromatic heterocycles. The van der Waals surface area contributed by atoms with E-state index in [1.807, 2.05) is 18.7 Å². The lowest BCUT2D eigenvalue weighted by molar-refractivity contribution is 0.151. The van der Waals surface area contributed by atoms with Gasteiger partial charge in [0, 0.05) is 6.04 Å². The van der Waals surface area contributed by atoms with Gasteiger partial charge >= 0.3 is 0 Å². The fraction of sp³-hybridized carbons (Fsp3) is 1.00. The monoisotopic (exact) mass is 207 g/mol. The van der Waals surface area contributed by atoms with Gasteiger partial charge in [0.1, 0.15) is 5.37 Å². The van der Waals surface area contributed by atoms with Crippen LogP contribution in [0.25, 0.3) is 0 Å². The zero-order chi connectivity index (χ0) is 10.1. The molecule has 1 fully saturated rings. The highest BCUT2D eigenvalue weighted by molar-refractivity contribution is 7.86. The third-order valence-corrected chi connectivity index (χ3v) is 3.69. The van der Waals surface area contributed by atoms with E-state index in [0.717, 1.165) is 19.4 Å². The minimum atomic E-state index is -3.89. The zero-order valence-electron chi connectivity index (χ0n) is 8.10. The highest BCUT2D eigenvalue weighted by atomic mass is 32.2. The van der Waals surface area contributed by atoms with Gasteiger partial charge in [0.05, 0.1) is 0 Å². The Morgan fingerprint density at radius 1 is 1.38 bits per heavy atom. The number of hydrogen-bond donors (Lipinski definition) is 1. The van der Waals surface area contributed by atoms with Crippen LogP contribution in [0.2, 0.25) is 0 Å². The molecule has 1 heterocycles. The SMILES string of the molecule is CC(C)N1CCCCC1S(=O)(=O)O. The van der Waals surface area contributed by atoms with Crippen LogP contribution in [0.3, 0.4) is 0 Å². The molecule has 1 rings (SSSR count). The molecule has 1 N–H and O–H groups in total. The number of likely N-dealkylation sites (tertiary alicyclic amines) is 1. The van der Waals surface area contributed by atoms with Crippen molar-refractivity contribution in [3.8, 4) is 0 Å². The standard InChI is InChI=1S/C8H17NO3S/c1-7(2)9-6-4-3-5-8(9)13(10,11)12/h7-8H,3-6H2,1-2H3,(H,10,11,12). The van der Waals surface area contributed by atoms with Crippen molar-refractivity contribution in [3.63, 3.8) is 0 Å². The van der Waals surface area contributed by atoms with E-state index in [1.54, 1.807) is 0 Å². The predicted octanol–water partition coefficient (Wildman–Crippen LogP) is 1.09. The maximum absolute atomic E-state index is 11.0. The molecule has 0 bridgehead atoms. The molecule has 1 atom stereocenters. The molecule has 5 heteroatoms. The van der Waals surface area contributed by atoms with E-state index in [4.69, 9.17) is 4.55 Å². The van der Waals surface area contributed by atoms with Gasteiger partial charge in [-0.2, -0.15) is 8.42 Å². The van der Waals surface area contributed by atoms with Crippen LogP contribution < -0.4 is 0 Å². The van der Waals surface area contributed by atoms with Crippen LogP contribution in [0.5, 0.6) is 0 Å². The Morgan fingerprint density at radius 2 is 2.00 bits per heavy atom. The summed E-state index contributed by atoms with van der Waals surface area (Å²) in [5.41, 5.74) is 0. The first-order chi connectivity index (χ1) is 5.93. The first kappa shape index (κ1) is 10.9. The molecule has 0 aromatic rings. The molecule has 0 saturated carbocycles. The Balaban J connectivity index is 2.80. The molecular weight excluding hydrogens is 190 g/mol. The van der Waals surface area contributed by atoms with Crippen LogP contribution in [0.15, 0.2) is 0 Å². The van der Waals surface area contributed by atoms with E-state index in [-0.39, 0.29) is 6.04 Å². The Morgan fingerprint density at radius 3 is 2.38 bits per heavy atom. The molecule has 78 valence electrons. The lowest BCUT2D eigenvalue weighted by Crippen LogP contribution is -2.47. The minimum absolute atomic E-state index is 0.173. The van der Waals surface area contributed by atoms with Gasteiger partial charge in [-0.15, -0.1) is 0 Å². The molecule has 0 spiro atoms. The van der Waals surface area contributed by atoms with Crippen molar-refractivity contribution in [2.75, 3.05) is 6.54 Å². The molecule has 1 unspecified atom stereocenters. The van der Waals surface area contributed by atoms with Crippen LogP contribution in [-0.4, -0.2) is 35.8 Å². The predicted molar refractivity (Wildman–Crippen MR) is 51.0 cm³/mol. The van der Waals surface area contributed by atoms with Gasteiger partial charge in [0.15, 0.2) is 0 Å². The minimum Gasteiger partial charge on any atom is -0.284 e. The van der Waals surface area contributed by atoms with Gasteiger partial charge in [-0.3, -0.25) is 9.45 Å². The Bertz CT molecular complexity index is 261. The molecule has 1 saturated heterocycles. The van der Waals surface area contributed by atoms with Crippen molar-refractivity contribution in [1.82, 2.24) is 4.90 Å². The third kappa shape index (κ3) is 2.65. The average Bonchev–Trinajstić information content (AvgIpc) is 2.03. The Labute approximate surface area is 79.7 Å². The molecule has 0 aliphatic carbocycles. The molecular formula is C8H17NO3S. The van der Waals surface area contributed by atoms with Crippen molar-refractivity contribution < 1.29 is 13.0 Å². The molecule has 13 heavy (non-hydrogen) atoms. The van der Waals surface area contributed by atoms with Gasteiger partial charge < -0.3 is 0 Å². The Hall–Kier alpha value is -0.130. The molecule has 1 aliphatic heterocycles. The van der Waals surface area contributed by atoms with Gasteiger partial charge in [-0.25, -0.2) is 0 Å². The highest BCUT2D eigenvalue weighted by Crippen LogP contribution is 2.22. The molecule has 0 aromatic carbocycles. The Kier molecular flexibility index (Phi) is 3.32. The highest BCUT2D eigenvalue weighted by Gasteiger charge is 2.33. The van der Waals surface area contributed by atoms with Gasteiger partial charge in [-0.05, 0) is 39.7 Å². The number of rotatable bonds is 2. The van der Waals surface area contributed by atoms with Gasteiger partial charge in [-0.1, -0.05) is 0 Å². The summed E-state index contributed by atoms with van der Waals surface area (Å²) in [7, 11) is -3.89. The first-order valence-electron chi connectivity index (χ1n) is 4.65. The van der Waals surface area contributed by atoms with Crippen LogP contribution >= 0.6 is 0 Å².